The van der Waals surface area contributed by atoms with Crippen LogP contribution in [-0.4, -0.2) is 6.03 Å². The summed E-state index contributed by atoms with van der Waals surface area (Å²) in [6.45, 7) is 4.24. The summed E-state index contributed by atoms with van der Waals surface area (Å²) in [7, 11) is 0. The lowest BCUT2D eigenvalue weighted by Crippen LogP contribution is -2.19. The number of hydrogen-bond acceptors (Lipinski definition) is 1. The number of aryl methyl sites for hydroxylation is 2. The first-order valence-corrected chi connectivity index (χ1v) is 6.21. The molecule has 0 unspecified atom stereocenters. The Kier molecular flexibility index (Phi) is 5.90. The van der Waals surface area contributed by atoms with Crippen LogP contribution in [0.1, 0.15) is 11.1 Å². The molecule has 0 aromatic heterocycles. The number of benzene rings is 2. The highest BCUT2D eigenvalue weighted by Crippen LogP contribution is 2.14. The summed E-state index contributed by atoms with van der Waals surface area (Å²) in [4.78, 5) is 10.3. The number of anilines is 1. The van der Waals surface area contributed by atoms with Gasteiger partial charge in [0.2, 0.25) is 0 Å². The Bertz CT molecular complexity index is 534. The third-order valence-corrected chi connectivity index (χ3v) is 2.75. The molecular formula is C15H17ClN2O. The zero-order chi connectivity index (χ0) is 14.3. The van der Waals surface area contributed by atoms with Gasteiger partial charge in [0.1, 0.15) is 0 Å². The lowest BCUT2D eigenvalue weighted by molar-refractivity contribution is 0.259. The lowest BCUT2D eigenvalue weighted by atomic mass is 10.1. The van der Waals surface area contributed by atoms with E-state index in [0.717, 1.165) is 0 Å². The van der Waals surface area contributed by atoms with Gasteiger partial charge < -0.3 is 11.1 Å². The normalized spacial score (nSPS) is 9.21. The summed E-state index contributed by atoms with van der Waals surface area (Å²) in [6, 6.07) is 14.5. The van der Waals surface area contributed by atoms with Gasteiger partial charge in [-0.1, -0.05) is 41.9 Å². The number of carbonyl (C=O) groups excluding carboxylic acids is 1. The van der Waals surface area contributed by atoms with E-state index in [2.05, 4.69) is 43.4 Å². The van der Waals surface area contributed by atoms with Crippen molar-refractivity contribution >= 4 is 23.3 Å². The van der Waals surface area contributed by atoms with E-state index in [1.165, 1.54) is 11.1 Å². The fourth-order valence-electron chi connectivity index (χ4n) is 1.37. The van der Waals surface area contributed by atoms with Crippen LogP contribution in [0.4, 0.5) is 10.5 Å². The summed E-state index contributed by atoms with van der Waals surface area (Å²) >= 11 is 5.64. The van der Waals surface area contributed by atoms with E-state index in [-0.39, 0.29) is 0 Å². The predicted molar refractivity (Wildman–Crippen MR) is 80.6 cm³/mol. The number of amides is 2. The minimum atomic E-state index is -0.590. The van der Waals surface area contributed by atoms with Gasteiger partial charge in [-0.3, -0.25) is 0 Å². The van der Waals surface area contributed by atoms with Gasteiger partial charge in [-0.05, 0) is 43.2 Å². The Morgan fingerprint density at radius 1 is 1.05 bits per heavy atom. The van der Waals surface area contributed by atoms with Crippen molar-refractivity contribution in [3.63, 3.8) is 0 Å². The molecule has 0 fully saturated rings. The number of nitrogens with two attached hydrogens (primary N) is 1. The molecular weight excluding hydrogens is 260 g/mol. The smallest absolute Gasteiger partial charge is 0.316 e. The van der Waals surface area contributed by atoms with Crippen LogP contribution >= 0.6 is 11.6 Å². The molecule has 0 spiro atoms. The number of halogens is 1. The quantitative estimate of drug-likeness (QED) is 0.808. The first kappa shape index (κ1) is 15.1. The van der Waals surface area contributed by atoms with Crippen LogP contribution < -0.4 is 11.1 Å². The van der Waals surface area contributed by atoms with Gasteiger partial charge in [0, 0.05) is 10.7 Å². The molecule has 100 valence electrons. The first-order valence-electron chi connectivity index (χ1n) is 5.83. The molecule has 0 atom stereocenters. The van der Waals surface area contributed by atoms with E-state index >= 15 is 0 Å². The van der Waals surface area contributed by atoms with Crippen LogP contribution in [0.2, 0.25) is 5.02 Å². The minimum Gasteiger partial charge on any atom is -0.351 e. The summed E-state index contributed by atoms with van der Waals surface area (Å²) in [5.41, 5.74) is 8.22. The van der Waals surface area contributed by atoms with Gasteiger partial charge in [-0.2, -0.15) is 0 Å². The Morgan fingerprint density at radius 3 is 2.05 bits per heavy atom. The second kappa shape index (κ2) is 7.44. The number of rotatable bonds is 1. The van der Waals surface area contributed by atoms with Gasteiger partial charge in [0.15, 0.2) is 0 Å². The second-order valence-electron chi connectivity index (χ2n) is 4.08. The number of nitrogens with one attached hydrogen (secondary N) is 1. The van der Waals surface area contributed by atoms with E-state index in [9.17, 15) is 4.79 Å². The SMILES string of the molecule is Cc1ccccc1C.NC(=O)Nc1cccc(Cl)c1. The third-order valence-electron chi connectivity index (χ3n) is 2.52. The molecule has 19 heavy (non-hydrogen) atoms. The van der Waals surface area contributed by atoms with Gasteiger partial charge in [-0.25, -0.2) is 4.79 Å². The van der Waals surface area contributed by atoms with Gasteiger partial charge in [0.05, 0.1) is 0 Å². The average molecular weight is 277 g/mol. The van der Waals surface area contributed by atoms with Crippen LogP contribution in [0, 0.1) is 13.8 Å². The van der Waals surface area contributed by atoms with Crippen molar-refractivity contribution in [3.8, 4) is 0 Å². The second-order valence-corrected chi connectivity index (χ2v) is 4.52. The number of hydrogen-bond donors (Lipinski definition) is 2. The Hall–Kier alpha value is -2.00. The Balaban J connectivity index is 0.000000200. The van der Waals surface area contributed by atoms with Gasteiger partial charge >= 0.3 is 6.03 Å². The summed E-state index contributed by atoms with van der Waals surface area (Å²) < 4.78 is 0. The summed E-state index contributed by atoms with van der Waals surface area (Å²) in [6.07, 6.45) is 0. The highest BCUT2D eigenvalue weighted by molar-refractivity contribution is 6.30. The molecule has 0 saturated heterocycles. The van der Waals surface area contributed by atoms with Crippen LogP contribution in [0.3, 0.4) is 0 Å². The van der Waals surface area contributed by atoms with Crippen LogP contribution in [0.5, 0.6) is 0 Å². The molecule has 0 bridgehead atoms. The molecule has 0 heterocycles. The van der Waals surface area contributed by atoms with Crippen molar-refractivity contribution < 1.29 is 4.79 Å². The summed E-state index contributed by atoms with van der Waals surface area (Å²) in [5, 5.41) is 2.97. The molecule has 0 radical (unpaired) electrons. The maximum atomic E-state index is 10.3. The molecule has 3 nitrogen and oxygen atoms in total. The third kappa shape index (κ3) is 5.93. The molecule has 2 aromatic carbocycles. The van der Waals surface area contributed by atoms with Crippen LogP contribution in [0.25, 0.3) is 0 Å². The molecule has 2 amide bonds. The zero-order valence-corrected chi connectivity index (χ0v) is 11.7. The molecule has 3 N–H and O–H groups in total. The zero-order valence-electron chi connectivity index (χ0n) is 11.0. The predicted octanol–water partition coefficient (Wildman–Crippen LogP) is 4.13. The van der Waals surface area contributed by atoms with Gasteiger partial charge in [-0.15, -0.1) is 0 Å². The lowest BCUT2D eigenvalue weighted by Gasteiger charge is -1.99. The highest BCUT2D eigenvalue weighted by Gasteiger charge is 1.94. The summed E-state index contributed by atoms with van der Waals surface area (Å²) in [5.74, 6) is 0. The van der Waals surface area contributed by atoms with Crippen LogP contribution in [-0.2, 0) is 0 Å². The van der Waals surface area contributed by atoms with E-state index in [1.807, 2.05) is 0 Å². The Labute approximate surface area is 118 Å². The molecule has 0 aliphatic rings. The monoisotopic (exact) mass is 276 g/mol. The topological polar surface area (TPSA) is 55.1 Å². The highest BCUT2D eigenvalue weighted by atomic mass is 35.5. The average Bonchev–Trinajstić information content (AvgIpc) is 2.33. The Morgan fingerprint density at radius 2 is 1.63 bits per heavy atom. The van der Waals surface area contributed by atoms with E-state index < -0.39 is 6.03 Å². The molecule has 0 aliphatic carbocycles. The van der Waals surface area contributed by atoms with Crippen molar-refractivity contribution in [2.45, 2.75) is 13.8 Å². The molecule has 2 rings (SSSR count). The standard InChI is InChI=1S/C8H10.C7H7ClN2O/c1-7-5-3-4-6-8(7)2;8-5-2-1-3-6(4-5)10-7(9)11/h3-6H,1-2H3;1-4H,(H3,9,10,11). The van der Waals surface area contributed by atoms with Crippen LogP contribution in [0.15, 0.2) is 48.5 Å². The largest absolute Gasteiger partial charge is 0.351 e. The fourth-order valence-corrected chi connectivity index (χ4v) is 1.56. The number of primary amides is 1. The molecule has 0 saturated carbocycles. The van der Waals surface area contributed by atoms with Crippen molar-refractivity contribution in [1.29, 1.82) is 0 Å². The molecule has 0 aliphatic heterocycles. The van der Waals surface area contributed by atoms with Gasteiger partial charge in [0.25, 0.3) is 0 Å². The fraction of sp³-hybridized carbons (Fsp3) is 0.133. The van der Waals surface area contributed by atoms with Crippen molar-refractivity contribution in [3.05, 3.63) is 64.7 Å². The maximum absolute atomic E-state index is 10.3. The number of carbonyl (C=O) groups is 1. The van der Waals surface area contributed by atoms with Crippen molar-refractivity contribution in [2.24, 2.45) is 5.73 Å². The molecule has 4 heteroatoms. The van der Waals surface area contributed by atoms with Crippen molar-refractivity contribution in [1.82, 2.24) is 0 Å². The molecule has 2 aromatic rings. The van der Waals surface area contributed by atoms with E-state index in [4.69, 9.17) is 17.3 Å². The first-order chi connectivity index (χ1) is 8.99. The minimum absolute atomic E-state index is 0.566. The van der Waals surface area contributed by atoms with E-state index in [0.29, 0.717) is 10.7 Å². The van der Waals surface area contributed by atoms with E-state index in [1.54, 1.807) is 24.3 Å². The maximum Gasteiger partial charge on any atom is 0.316 e. The van der Waals surface area contributed by atoms with Crippen molar-refractivity contribution in [2.75, 3.05) is 5.32 Å². The number of urea groups is 1.